The third-order valence-corrected chi connectivity index (χ3v) is 4.66. The van der Waals surface area contributed by atoms with Crippen molar-refractivity contribution in [1.82, 2.24) is 20.6 Å². The first-order valence-corrected chi connectivity index (χ1v) is 10.1. The van der Waals surface area contributed by atoms with E-state index in [4.69, 9.17) is 0 Å². The first-order chi connectivity index (χ1) is 12.4. The molecule has 0 fully saturated rings. The summed E-state index contributed by atoms with van der Waals surface area (Å²) in [6, 6.07) is 8.37. The van der Waals surface area contributed by atoms with Crippen LogP contribution in [0.3, 0.4) is 0 Å². The molecule has 0 unspecified atom stereocenters. The lowest BCUT2D eigenvalue weighted by molar-refractivity contribution is 0.535. The molecule has 0 spiro atoms. The fourth-order valence-electron chi connectivity index (χ4n) is 3.14. The van der Waals surface area contributed by atoms with Crippen LogP contribution < -0.4 is 10.6 Å². The minimum atomic E-state index is 0.965. The van der Waals surface area contributed by atoms with Crippen LogP contribution in [-0.2, 0) is 13.1 Å². The van der Waals surface area contributed by atoms with Crippen molar-refractivity contribution < 1.29 is 0 Å². The van der Waals surface area contributed by atoms with Crippen molar-refractivity contribution in [3.8, 4) is 0 Å². The molecule has 0 aliphatic rings. The van der Waals surface area contributed by atoms with E-state index in [1.807, 2.05) is 12.4 Å². The van der Waals surface area contributed by atoms with Gasteiger partial charge in [0.05, 0.1) is 0 Å². The van der Waals surface area contributed by atoms with Crippen LogP contribution in [-0.4, -0.2) is 23.1 Å². The highest BCUT2D eigenvalue weighted by molar-refractivity contribution is 5.03. The number of H-pyrrole nitrogens is 2. The van der Waals surface area contributed by atoms with E-state index in [1.54, 1.807) is 0 Å². The molecule has 0 saturated heterocycles. The van der Waals surface area contributed by atoms with Gasteiger partial charge in [-0.1, -0.05) is 44.9 Å². The number of aromatic nitrogens is 2. The number of rotatable bonds is 16. The first-order valence-electron chi connectivity index (χ1n) is 10.1. The van der Waals surface area contributed by atoms with E-state index in [1.165, 1.54) is 69.2 Å². The summed E-state index contributed by atoms with van der Waals surface area (Å²) in [7, 11) is 0. The topological polar surface area (TPSA) is 55.6 Å². The molecule has 4 nitrogen and oxygen atoms in total. The summed E-state index contributed by atoms with van der Waals surface area (Å²) < 4.78 is 0. The lowest BCUT2D eigenvalue weighted by Gasteiger charge is -2.05. The summed E-state index contributed by atoms with van der Waals surface area (Å²) in [6.45, 7) is 4.20. The minimum Gasteiger partial charge on any atom is -0.364 e. The molecule has 2 aromatic rings. The number of unbranched alkanes of at least 4 members (excludes halogenated alkanes) is 8. The molecule has 0 amide bonds. The third-order valence-electron chi connectivity index (χ3n) is 4.66. The molecule has 0 radical (unpaired) electrons. The van der Waals surface area contributed by atoms with Crippen molar-refractivity contribution in [3.05, 3.63) is 48.0 Å². The van der Waals surface area contributed by atoms with Gasteiger partial charge in [-0.05, 0) is 50.2 Å². The van der Waals surface area contributed by atoms with E-state index in [-0.39, 0.29) is 0 Å². The maximum Gasteiger partial charge on any atom is 0.0357 e. The van der Waals surface area contributed by atoms with Gasteiger partial charge >= 0.3 is 0 Å². The molecule has 2 rings (SSSR count). The van der Waals surface area contributed by atoms with E-state index in [9.17, 15) is 0 Å². The predicted molar refractivity (Wildman–Crippen MR) is 107 cm³/mol. The molecule has 0 atom stereocenters. The quantitative estimate of drug-likeness (QED) is 0.333. The molecule has 0 aromatic carbocycles. The second-order valence-corrected chi connectivity index (χ2v) is 6.93. The second-order valence-electron chi connectivity index (χ2n) is 6.93. The Kier molecular flexibility index (Phi) is 10.9. The highest BCUT2D eigenvalue weighted by Crippen LogP contribution is 2.09. The molecule has 0 saturated carbocycles. The number of hydrogen-bond acceptors (Lipinski definition) is 2. The smallest absolute Gasteiger partial charge is 0.0357 e. The standard InChI is InChI=1S/C21H36N4/c1(2-4-6-8-14-22-18-20-12-10-16-24-20)3-5-7-9-15-23-19-21-13-11-17-25-21/h10-13,16-17,22-25H,1-9,14-15,18-19H2. The molecule has 140 valence electrons. The fourth-order valence-corrected chi connectivity index (χ4v) is 3.14. The third kappa shape index (κ3) is 10.1. The molecule has 2 heterocycles. The van der Waals surface area contributed by atoms with E-state index in [0.29, 0.717) is 0 Å². The lowest BCUT2D eigenvalue weighted by atomic mass is 10.1. The molecular formula is C21H36N4. The van der Waals surface area contributed by atoms with Crippen LogP contribution in [0, 0.1) is 0 Å². The average Bonchev–Trinajstić information content (AvgIpc) is 3.32. The zero-order valence-electron chi connectivity index (χ0n) is 15.7. The zero-order chi connectivity index (χ0) is 17.4. The predicted octanol–water partition coefficient (Wildman–Crippen LogP) is 4.73. The Morgan fingerprint density at radius 1 is 0.560 bits per heavy atom. The van der Waals surface area contributed by atoms with Gasteiger partial charge < -0.3 is 20.6 Å². The Hall–Kier alpha value is -1.52. The van der Waals surface area contributed by atoms with Gasteiger partial charge in [0.15, 0.2) is 0 Å². The van der Waals surface area contributed by atoms with Crippen molar-refractivity contribution in [2.24, 2.45) is 0 Å². The largest absolute Gasteiger partial charge is 0.364 e. The molecule has 2 aromatic heterocycles. The van der Waals surface area contributed by atoms with Crippen LogP contribution in [0.15, 0.2) is 36.7 Å². The van der Waals surface area contributed by atoms with Crippen molar-refractivity contribution >= 4 is 0 Å². The van der Waals surface area contributed by atoms with Crippen molar-refractivity contribution in [2.45, 2.75) is 70.9 Å². The van der Waals surface area contributed by atoms with Gasteiger partial charge in [-0.3, -0.25) is 0 Å². The highest BCUT2D eigenvalue weighted by Gasteiger charge is 1.95. The van der Waals surface area contributed by atoms with E-state index in [0.717, 1.165) is 26.2 Å². The van der Waals surface area contributed by atoms with Crippen LogP contribution in [0.5, 0.6) is 0 Å². The van der Waals surface area contributed by atoms with Crippen LogP contribution >= 0.6 is 0 Å². The minimum absolute atomic E-state index is 0.965. The van der Waals surface area contributed by atoms with Crippen molar-refractivity contribution in [2.75, 3.05) is 13.1 Å². The maximum absolute atomic E-state index is 3.49. The molecule has 0 bridgehead atoms. The lowest BCUT2D eigenvalue weighted by Crippen LogP contribution is -2.14. The Balaban J connectivity index is 1.24. The summed E-state index contributed by atoms with van der Waals surface area (Å²) in [5, 5.41) is 6.99. The summed E-state index contributed by atoms with van der Waals surface area (Å²) in [6.07, 6.45) is 16.3. The monoisotopic (exact) mass is 344 g/mol. The molecule has 25 heavy (non-hydrogen) atoms. The Morgan fingerprint density at radius 3 is 1.32 bits per heavy atom. The zero-order valence-corrected chi connectivity index (χ0v) is 15.7. The summed E-state index contributed by atoms with van der Waals surface area (Å²) in [5.41, 5.74) is 2.55. The molecule has 0 aliphatic carbocycles. The normalized spacial score (nSPS) is 11.2. The van der Waals surface area contributed by atoms with Gasteiger partial charge in [-0.15, -0.1) is 0 Å². The van der Waals surface area contributed by atoms with Gasteiger partial charge in [0, 0.05) is 36.9 Å². The Labute approximate surface area is 153 Å². The number of nitrogens with one attached hydrogen (secondary N) is 4. The average molecular weight is 345 g/mol. The summed E-state index contributed by atoms with van der Waals surface area (Å²) in [4.78, 5) is 6.44. The number of aromatic amines is 2. The molecule has 4 heteroatoms. The SMILES string of the molecule is c1c[nH]c(CNCCCCCCCCCCCNCc2ccc[nH]2)c1. The van der Waals surface area contributed by atoms with Crippen LogP contribution in [0.25, 0.3) is 0 Å². The van der Waals surface area contributed by atoms with E-state index >= 15 is 0 Å². The Bertz CT molecular complexity index is 444. The molecule has 0 aliphatic heterocycles. The molecular weight excluding hydrogens is 308 g/mol. The van der Waals surface area contributed by atoms with Crippen LogP contribution in [0.4, 0.5) is 0 Å². The van der Waals surface area contributed by atoms with Gasteiger partial charge in [-0.2, -0.15) is 0 Å². The summed E-state index contributed by atoms with van der Waals surface area (Å²) in [5.74, 6) is 0. The second kappa shape index (κ2) is 13.7. The fraction of sp³-hybridized carbons (Fsp3) is 0.619. The van der Waals surface area contributed by atoms with Gasteiger partial charge in [-0.25, -0.2) is 0 Å². The maximum atomic E-state index is 3.49. The van der Waals surface area contributed by atoms with Crippen LogP contribution in [0.2, 0.25) is 0 Å². The van der Waals surface area contributed by atoms with E-state index < -0.39 is 0 Å². The molecule has 4 N–H and O–H groups in total. The van der Waals surface area contributed by atoms with Crippen molar-refractivity contribution in [3.63, 3.8) is 0 Å². The van der Waals surface area contributed by atoms with Gasteiger partial charge in [0.2, 0.25) is 0 Å². The summed E-state index contributed by atoms with van der Waals surface area (Å²) >= 11 is 0. The Morgan fingerprint density at radius 2 is 0.960 bits per heavy atom. The van der Waals surface area contributed by atoms with E-state index in [2.05, 4.69) is 44.9 Å². The van der Waals surface area contributed by atoms with Crippen LogP contribution in [0.1, 0.15) is 69.2 Å². The highest BCUT2D eigenvalue weighted by atomic mass is 14.9. The van der Waals surface area contributed by atoms with Crippen molar-refractivity contribution in [1.29, 1.82) is 0 Å². The first kappa shape index (κ1) is 19.8. The van der Waals surface area contributed by atoms with Gasteiger partial charge in [0.25, 0.3) is 0 Å². The van der Waals surface area contributed by atoms with Gasteiger partial charge in [0.1, 0.15) is 0 Å². The number of hydrogen-bond donors (Lipinski definition) is 4.